The fourth-order valence-electron chi connectivity index (χ4n) is 4.81. The lowest BCUT2D eigenvalue weighted by Crippen LogP contribution is -2.59. The number of fused-ring (bicyclic) bond motifs is 1. The molecule has 0 N–H and O–H groups in total. The topological polar surface area (TPSA) is 97.6 Å². The van der Waals surface area contributed by atoms with Crippen molar-refractivity contribution in [3.63, 3.8) is 0 Å². The van der Waals surface area contributed by atoms with E-state index in [1.807, 2.05) is 62.3 Å². The van der Waals surface area contributed by atoms with Crippen molar-refractivity contribution < 1.29 is 17.9 Å². The number of carbonyl (C=O) groups excluding carboxylic acids is 1. The Labute approximate surface area is 225 Å². The van der Waals surface area contributed by atoms with Gasteiger partial charge in [-0.25, -0.2) is 27.2 Å². The van der Waals surface area contributed by atoms with Crippen LogP contribution in [0.1, 0.15) is 66.5 Å². The van der Waals surface area contributed by atoms with Crippen molar-refractivity contribution in [2.45, 2.75) is 90.3 Å². The maximum Gasteiger partial charge on any atom is 0.410 e. The minimum absolute atomic E-state index is 0.0818. The van der Waals surface area contributed by atoms with Crippen molar-refractivity contribution >= 4 is 33.0 Å². The van der Waals surface area contributed by atoms with Crippen LogP contribution in [0.4, 0.5) is 10.6 Å². The third-order valence-electron chi connectivity index (χ3n) is 6.80. The molecule has 0 saturated carbocycles. The molecule has 2 aromatic heterocycles. The summed E-state index contributed by atoms with van der Waals surface area (Å²) in [6, 6.07) is 6.60. The van der Waals surface area contributed by atoms with Gasteiger partial charge >= 0.3 is 6.09 Å². The average Bonchev–Trinajstić information content (AvgIpc) is 3.21. The molecule has 1 saturated heterocycles. The number of hydrogen-bond acceptors (Lipinski definition) is 7. The highest BCUT2D eigenvalue weighted by atomic mass is 32.2. The van der Waals surface area contributed by atoms with E-state index in [-0.39, 0.29) is 28.5 Å². The zero-order valence-corrected chi connectivity index (χ0v) is 24.6. The van der Waals surface area contributed by atoms with E-state index in [2.05, 4.69) is 14.9 Å². The maximum atomic E-state index is 13.8. The third-order valence-corrected chi connectivity index (χ3v) is 8.47. The zero-order valence-electron chi connectivity index (χ0n) is 23.8. The van der Waals surface area contributed by atoms with Gasteiger partial charge in [0.05, 0.1) is 10.3 Å². The summed E-state index contributed by atoms with van der Waals surface area (Å²) in [5.41, 5.74) is 1.21. The van der Waals surface area contributed by atoms with Gasteiger partial charge in [0.25, 0.3) is 10.0 Å². The van der Waals surface area contributed by atoms with E-state index in [1.54, 1.807) is 35.4 Å². The molecule has 206 valence electrons. The Morgan fingerprint density at radius 1 is 0.974 bits per heavy atom. The highest BCUT2D eigenvalue weighted by Crippen LogP contribution is 2.38. The van der Waals surface area contributed by atoms with Crippen LogP contribution in [-0.2, 0) is 20.2 Å². The first-order chi connectivity index (χ1) is 17.5. The largest absolute Gasteiger partial charge is 0.444 e. The van der Waals surface area contributed by atoms with Crippen LogP contribution in [-0.4, -0.2) is 64.1 Å². The summed E-state index contributed by atoms with van der Waals surface area (Å²) in [6.45, 7) is 18.6. The molecule has 38 heavy (non-hydrogen) atoms. The smallest absolute Gasteiger partial charge is 0.410 e. The Morgan fingerprint density at radius 2 is 1.61 bits per heavy atom. The van der Waals surface area contributed by atoms with Crippen molar-refractivity contribution in [1.82, 2.24) is 18.8 Å². The summed E-state index contributed by atoms with van der Waals surface area (Å²) >= 11 is 0. The average molecular weight is 542 g/mol. The SMILES string of the molecule is Cc1ccc(S(=O)(=O)n2cc(C(C)(C)C)c3c(N4CC(C)N(C(=O)OC(C)(C)C)CC4C)ncnc32)cc1. The lowest BCUT2D eigenvalue weighted by atomic mass is 9.87. The number of benzene rings is 1. The van der Waals surface area contributed by atoms with E-state index in [0.717, 1.165) is 11.1 Å². The second-order valence-corrected chi connectivity index (χ2v) is 14.1. The number of nitrogens with zero attached hydrogens (tertiary/aromatic N) is 5. The fourth-order valence-corrected chi connectivity index (χ4v) is 6.13. The predicted molar refractivity (Wildman–Crippen MR) is 149 cm³/mol. The zero-order chi connectivity index (χ0) is 28.2. The maximum absolute atomic E-state index is 13.8. The Balaban J connectivity index is 1.82. The molecule has 2 unspecified atom stereocenters. The molecule has 0 spiro atoms. The Morgan fingerprint density at radius 3 is 2.18 bits per heavy atom. The van der Waals surface area contributed by atoms with Gasteiger partial charge in [0.15, 0.2) is 5.65 Å². The number of amides is 1. The van der Waals surface area contributed by atoms with E-state index < -0.39 is 15.6 Å². The molecule has 1 fully saturated rings. The number of rotatable bonds is 3. The van der Waals surface area contributed by atoms with Gasteiger partial charge in [-0.1, -0.05) is 38.5 Å². The molecule has 1 amide bonds. The molecule has 3 heterocycles. The molecular weight excluding hydrogens is 502 g/mol. The monoisotopic (exact) mass is 541 g/mol. The number of anilines is 1. The molecule has 0 radical (unpaired) electrons. The van der Waals surface area contributed by atoms with Crippen molar-refractivity contribution in [3.05, 3.63) is 47.9 Å². The second-order valence-electron chi connectivity index (χ2n) is 12.3. The Hall–Kier alpha value is -3.14. The van der Waals surface area contributed by atoms with Gasteiger partial charge in [0.2, 0.25) is 0 Å². The first kappa shape index (κ1) is 27.9. The summed E-state index contributed by atoms with van der Waals surface area (Å²) in [5.74, 6) is 0.668. The minimum atomic E-state index is -3.89. The van der Waals surface area contributed by atoms with Crippen LogP contribution >= 0.6 is 0 Å². The van der Waals surface area contributed by atoms with Crippen LogP contribution in [0.25, 0.3) is 11.0 Å². The molecule has 0 bridgehead atoms. The van der Waals surface area contributed by atoms with Crippen LogP contribution in [0.15, 0.2) is 41.7 Å². The number of hydrogen-bond donors (Lipinski definition) is 0. The lowest BCUT2D eigenvalue weighted by molar-refractivity contribution is 0.0130. The first-order valence-corrected chi connectivity index (χ1v) is 14.4. The van der Waals surface area contributed by atoms with Gasteiger partial charge in [-0.3, -0.25) is 0 Å². The highest BCUT2D eigenvalue weighted by Gasteiger charge is 2.37. The molecule has 1 aromatic carbocycles. The number of ether oxygens (including phenoxy) is 1. The molecule has 1 aliphatic rings. The third kappa shape index (κ3) is 5.23. The van der Waals surface area contributed by atoms with Gasteiger partial charge in [-0.2, -0.15) is 0 Å². The summed E-state index contributed by atoms with van der Waals surface area (Å²) < 4.78 is 34.4. The number of aromatic nitrogens is 3. The minimum Gasteiger partial charge on any atom is -0.444 e. The Kier molecular flexibility index (Phi) is 7.01. The fraction of sp³-hybridized carbons (Fsp3) is 0.536. The number of piperazine rings is 1. The second kappa shape index (κ2) is 9.55. The molecule has 0 aliphatic carbocycles. The van der Waals surface area contributed by atoms with Crippen molar-refractivity contribution in [2.75, 3.05) is 18.0 Å². The Bertz CT molecular complexity index is 1450. The van der Waals surface area contributed by atoms with Crippen molar-refractivity contribution in [3.8, 4) is 0 Å². The summed E-state index contributed by atoms with van der Waals surface area (Å²) in [5, 5.41) is 0.709. The highest BCUT2D eigenvalue weighted by molar-refractivity contribution is 7.90. The molecule has 1 aliphatic heterocycles. The van der Waals surface area contributed by atoms with Crippen LogP contribution in [0.3, 0.4) is 0 Å². The number of carbonyl (C=O) groups is 1. The van der Waals surface area contributed by atoms with Gasteiger partial charge in [-0.15, -0.1) is 0 Å². The van der Waals surface area contributed by atoms with Crippen LogP contribution < -0.4 is 4.90 Å². The van der Waals surface area contributed by atoms with E-state index in [0.29, 0.717) is 29.9 Å². The molecular formula is C28H39N5O4S. The standard InChI is InChI=1S/C28H39N5O4S/c1-18-10-12-21(13-11-18)38(35,36)33-16-22(27(4,5)6)23-24(29-17-30-25(23)33)31-14-20(3)32(15-19(31)2)26(34)37-28(7,8)9/h10-13,16-17,19-20H,14-15H2,1-9H3. The van der Waals surface area contributed by atoms with Gasteiger partial charge in [0.1, 0.15) is 17.7 Å². The van der Waals surface area contributed by atoms with Crippen molar-refractivity contribution in [2.24, 2.45) is 0 Å². The van der Waals surface area contributed by atoms with E-state index in [9.17, 15) is 13.2 Å². The van der Waals surface area contributed by atoms with E-state index in [4.69, 9.17) is 4.74 Å². The molecule has 4 rings (SSSR count). The lowest BCUT2D eigenvalue weighted by Gasteiger charge is -2.45. The van der Waals surface area contributed by atoms with Gasteiger partial charge in [-0.05, 0) is 64.7 Å². The molecule has 10 heteroatoms. The quantitative estimate of drug-likeness (QED) is 0.455. The normalized spacial score (nSPS) is 19.2. The number of aryl methyl sites for hydroxylation is 1. The summed E-state index contributed by atoms with van der Waals surface area (Å²) in [6.07, 6.45) is 2.77. The van der Waals surface area contributed by atoms with Crippen molar-refractivity contribution in [1.29, 1.82) is 0 Å². The van der Waals surface area contributed by atoms with Crippen LogP contribution in [0.2, 0.25) is 0 Å². The molecule has 9 nitrogen and oxygen atoms in total. The van der Waals surface area contributed by atoms with E-state index >= 15 is 0 Å². The predicted octanol–water partition coefficient (Wildman–Crippen LogP) is 5.11. The summed E-state index contributed by atoms with van der Waals surface area (Å²) in [7, 11) is -3.89. The van der Waals surface area contributed by atoms with Crippen LogP contribution in [0.5, 0.6) is 0 Å². The first-order valence-electron chi connectivity index (χ1n) is 13.0. The van der Waals surface area contributed by atoms with Gasteiger partial charge in [0, 0.05) is 31.4 Å². The molecule has 2 atom stereocenters. The molecule has 3 aromatic rings. The van der Waals surface area contributed by atoms with Gasteiger partial charge < -0.3 is 14.5 Å². The summed E-state index contributed by atoms with van der Waals surface area (Å²) in [4.78, 5) is 26.1. The van der Waals surface area contributed by atoms with E-state index in [1.165, 1.54) is 10.3 Å². The van der Waals surface area contributed by atoms with Crippen LogP contribution in [0, 0.1) is 6.92 Å².